The monoisotopic (exact) mass is 290 g/mol. The van der Waals surface area contributed by atoms with E-state index >= 15 is 0 Å². The van der Waals surface area contributed by atoms with Crippen molar-refractivity contribution in [3.63, 3.8) is 0 Å². The number of hydrogen-bond acceptors (Lipinski definition) is 4. The van der Waals surface area contributed by atoms with Crippen LogP contribution in [0.5, 0.6) is 0 Å². The number of thioether (sulfide) groups is 1. The summed E-state index contributed by atoms with van der Waals surface area (Å²) in [5.41, 5.74) is 1.82. The molecule has 0 aliphatic carbocycles. The first-order valence-corrected chi connectivity index (χ1v) is 7.96. The average Bonchev–Trinajstić information content (AvgIpc) is 2.47. The molecule has 2 heterocycles. The van der Waals surface area contributed by atoms with E-state index in [4.69, 9.17) is 4.74 Å². The van der Waals surface area contributed by atoms with Gasteiger partial charge in [-0.2, -0.15) is 11.8 Å². The molecule has 0 spiro atoms. The molecule has 106 valence electrons. The second-order valence-electron chi connectivity index (χ2n) is 5.16. The van der Waals surface area contributed by atoms with Crippen molar-refractivity contribution in [2.45, 2.75) is 30.8 Å². The van der Waals surface area contributed by atoms with Crippen molar-refractivity contribution in [3.8, 4) is 0 Å². The first-order valence-electron chi connectivity index (χ1n) is 6.91. The minimum Gasteiger partial charge on any atom is -0.381 e. The summed E-state index contributed by atoms with van der Waals surface area (Å²) in [7, 11) is 0. The molecule has 1 aromatic heterocycles. The van der Waals surface area contributed by atoms with Gasteiger partial charge in [0.1, 0.15) is 5.82 Å². The summed E-state index contributed by atoms with van der Waals surface area (Å²) in [6.07, 6.45) is 2.17. The number of nitrogens with zero attached hydrogens (tertiary/aromatic N) is 1. The van der Waals surface area contributed by atoms with Crippen LogP contribution in [0.4, 0.5) is 0 Å². The Morgan fingerprint density at radius 2 is 2.20 bits per heavy atom. The lowest BCUT2D eigenvalue weighted by molar-refractivity contribution is 0.1000. The maximum absolute atomic E-state index is 12.1. The van der Waals surface area contributed by atoms with E-state index < -0.39 is 0 Å². The molecule has 0 atom stereocenters. The largest absolute Gasteiger partial charge is 0.381 e. The number of ether oxygens (including phenoxy) is 1. The number of hydrogen-bond donors (Lipinski definition) is 1. The Kier molecular flexibility index (Phi) is 4.08. The van der Waals surface area contributed by atoms with Crippen molar-refractivity contribution < 1.29 is 4.74 Å². The van der Waals surface area contributed by atoms with E-state index in [1.54, 1.807) is 0 Å². The van der Waals surface area contributed by atoms with Gasteiger partial charge in [0.15, 0.2) is 0 Å². The normalized spacial score (nSPS) is 16.6. The summed E-state index contributed by atoms with van der Waals surface area (Å²) < 4.78 is 5.35. The molecule has 0 radical (unpaired) electrons. The van der Waals surface area contributed by atoms with Crippen molar-refractivity contribution in [1.29, 1.82) is 0 Å². The van der Waals surface area contributed by atoms with Crippen LogP contribution in [0.15, 0.2) is 23.0 Å². The summed E-state index contributed by atoms with van der Waals surface area (Å²) in [6.45, 7) is 3.67. The highest BCUT2D eigenvalue weighted by Gasteiger charge is 2.15. The summed E-state index contributed by atoms with van der Waals surface area (Å²) in [5.74, 6) is 1.52. The Bertz CT molecular complexity index is 662. The first kappa shape index (κ1) is 13.6. The van der Waals surface area contributed by atoms with Gasteiger partial charge >= 0.3 is 0 Å². The van der Waals surface area contributed by atoms with Gasteiger partial charge in [0.05, 0.1) is 16.7 Å². The van der Waals surface area contributed by atoms with Crippen LogP contribution in [0.3, 0.4) is 0 Å². The molecule has 3 rings (SSSR count). The fourth-order valence-corrected chi connectivity index (χ4v) is 3.46. The number of aromatic nitrogens is 2. The topological polar surface area (TPSA) is 55.0 Å². The molecular weight excluding hydrogens is 272 g/mol. The molecular formula is C15H18N2O2S. The molecule has 0 unspecified atom stereocenters. The van der Waals surface area contributed by atoms with Gasteiger partial charge in [-0.15, -0.1) is 0 Å². The molecule has 0 saturated carbocycles. The fourth-order valence-electron chi connectivity index (χ4n) is 2.41. The van der Waals surface area contributed by atoms with Crippen molar-refractivity contribution in [3.05, 3.63) is 39.9 Å². The highest BCUT2D eigenvalue weighted by Crippen LogP contribution is 2.24. The Balaban J connectivity index is 1.78. The van der Waals surface area contributed by atoms with E-state index in [1.165, 1.54) is 0 Å². The quantitative estimate of drug-likeness (QED) is 0.944. The number of fused-ring (bicyclic) bond motifs is 1. The zero-order valence-corrected chi connectivity index (χ0v) is 12.3. The fraction of sp³-hybridized carbons (Fsp3) is 0.467. The number of aryl methyl sites for hydroxylation is 1. The van der Waals surface area contributed by atoms with Gasteiger partial charge in [0.2, 0.25) is 0 Å². The Hall–Kier alpha value is -1.33. The number of nitrogens with one attached hydrogen (secondary N) is 1. The summed E-state index contributed by atoms with van der Waals surface area (Å²) in [4.78, 5) is 19.5. The number of H-pyrrole nitrogens is 1. The van der Waals surface area contributed by atoms with Gasteiger partial charge < -0.3 is 9.72 Å². The second-order valence-corrected chi connectivity index (χ2v) is 6.44. The van der Waals surface area contributed by atoms with Gasteiger partial charge in [-0.25, -0.2) is 4.98 Å². The summed E-state index contributed by atoms with van der Waals surface area (Å²) in [6, 6.07) is 5.79. The van der Waals surface area contributed by atoms with E-state index in [0.717, 1.165) is 48.7 Å². The molecule has 5 heteroatoms. The zero-order valence-electron chi connectivity index (χ0n) is 11.5. The van der Waals surface area contributed by atoms with Crippen LogP contribution in [0.1, 0.15) is 24.2 Å². The van der Waals surface area contributed by atoms with E-state index in [9.17, 15) is 4.79 Å². The lowest BCUT2D eigenvalue weighted by Crippen LogP contribution is -2.18. The standard InChI is InChI=1S/C15H18N2O2S/c1-10-2-3-13-12(8-10)15(18)17-14(16-13)9-20-11-4-6-19-7-5-11/h2-3,8,11H,4-7,9H2,1H3,(H,16,17,18). The van der Waals surface area contributed by atoms with Crippen LogP contribution in [0.2, 0.25) is 0 Å². The number of benzene rings is 1. The van der Waals surface area contributed by atoms with Crippen molar-refractivity contribution in [2.75, 3.05) is 13.2 Å². The van der Waals surface area contributed by atoms with Crippen LogP contribution < -0.4 is 5.56 Å². The molecule has 2 aromatic rings. The van der Waals surface area contributed by atoms with Crippen LogP contribution in [-0.4, -0.2) is 28.4 Å². The second kappa shape index (κ2) is 5.97. The minimum absolute atomic E-state index is 0.0405. The molecule has 0 bridgehead atoms. The van der Waals surface area contributed by atoms with Gasteiger partial charge in [0.25, 0.3) is 5.56 Å². The molecule has 1 N–H and O–H groups in total. The third kappa shape index (κ3) is 3.04. The maximum atomic E-state index is 12.1. The Morgan fingerprint density at radius 1 is 1.40 bits per heavy atom. The lowest BCUT2D eigenvalue weighted by Gasteiger charge is -2.21. The van der Waals surface area contributed by atoms with E-state index in [-0.39, 0.29) is 5.56 Å². The van der Waals surface area contributed by atoms with E-state index in [0.29, 0.717) is 10.6 Å². The summed E-state index contributed by atoms with van der Waals surface area (Å²) >= 11 is 1.86. The first-order chi connectivity index (χ1) is 9.72. The van der Waals surface area contributed by atoms with Crippen molar-refractivity contribution >= 4 is 22.7 Å². The Morgan fingerprint density at radius 3 is 3.00 bits per heavy atom. The van der Waals surface area contributed by atoms with Crippen LogP contribution in [0, 0.1) is 6.92 Å². The Labute approximate surface area is 121 Å². The smallest absolute Gasteiger partial charge is 0.258 e. The lowest BCUT2D eigenvalue weighted by atomic mass is 10.2. The molecule has 20 heavy (non-hydrogen) atoms. The molecule has 4 nitrogen and oxygen atoms in total. The van der Waals surface area contributed by atoms with Crippen molar-refractivity contribution in [1.82, 2.24) is 9.97 Å². The molecule has 1 aliphatic rings. The number of rotatable bonds is 3. The van der Waals surface area contributed by atoms with E-state index in [1.807, 2.05) is 36.9 Å². The van der Waals surface area contributed by atoms with Gasteiger partial charge in [0, 0.05) is 18.5 Å². The summed E-state index contributed by atoms with van der Waals surface area (Å²) in [5, 5.41) is 1.28. The van der Waals surface area contributed by atoms with Gasteiger partial charge in [-0.1, -0.05) is 11.6 Å². The molecule has 1 fully saturated rings. The highest BCUT2D eigenvalue weighted by molar-refractivity contribution is 7.99. The third-order valence-corrected chi connectivity index (χ3v) is 4.92. The predicted molar refractivity (Wildman–Crippen MR) is 82.2 cm³/mol. The molecule has 1 saturated heterocycles. The highest BCUT2D eigenvalue weighted by atomic mass is 32.2. The predicted octanol–water partition coefficient (Wildman–Crippen LogP) is 2.64. The maximum Gasteiger partial charge on any atom is 0.258 e. The average molecular weight is 290 g/mol. The third-order valence-electron chi connectivity index (χ3n) is 3.53. The zero-order chi connectivity index (χ0) is 13.9. The van der Waals surface area contributed by atoms with Crippen LogP contribution in [-0.2, 0) is 10.5 Å². The van der Waals surface area contributed by atoms with E-state index in [2.05, 4.69) is 9.97 Å². The number of aromatic amines is 1. The molecule has 1 aromatic carbocycles. The van der Waals surface area contributed by atoms with Gasteiger partial charge in [-0.05, 0) is 31.9 Å². The van der Waals surface area contributed by atoms with Crippen LogP contribution >= 0.6 is 11.8 Å². The van der Waals surface area contributed by atoms with Gasteiger partial charge in [-0.3, -0.25) is 4.79 Å². The van der Waals surface area contributed by atoms with Crippen molar-refractivity contribution in [2.24, 2.45) is 0 Å². The van der Waals surface area contributed by atoms with Crippen LogP contribution in [0.25, 0.3) is 10.9 Å². The molecule has 1 aliphatic heterocycles. The minimum atomic E-state index is -0.0405. The molecule has 0 amide bonds. The SMILES string of the molecule is Cc1ccc2nc(CSC3CCOCC3)[nH]c(=O)c2c1.